The van der Waals surface area contributed by atoms with Crippen LogP contribution in [0.4, 0.5) is 9.18 Å². The number of aliphatic hydroxyl groups is 1. The van der Waals surface area contributed by atoms with Gasteiger partial charge in [0.2, 0.25) is 0 Å². The van der Waals surface area contributed by atoms with Crippen LogP contribution in [0.5, 0.6) is 5.75 Å². The minimum atomic E-state index is -0.987. The summed E-state index contributed by atoms with van der Waals surface area (Å²) in [6.45, 7) is 6.27. The third-order valence-electron chi connectivity index (χ3n) is 4.11. The molecule has 1 aromatic carbocycles. The molecule has 1 amide bonds. The number of hydrogen-bond acceptors (Lipinski definition) is 4. The molecule has 5 nitrogen and oxygen atoms in total. The highest BCUT2D eigenvalue weighted by molar-refractivity contribution is 5.68. The van der Waals surface area contributed by atoms with Crippen molar-refractivity contribution in [2.45, 2.75) is 51.2 Å². The van der Waals surface area contributed by atoms with Gasteiger partial charge in [-0.2, -0.15) is 0 Å². The zero-order valence-corrected chi connectivity index (χ0v) is 14.8. The lowest BCUT2D eigenvalue weighted by Crippen LogP contribution is -2.49. The monoisotopic (exact) mass is 339 g/mol. The van der Waals surface area contributed by atoms with E-state index in [1.165, 1.54) is 19.2 Å². The van der Waals surface area contributed by atoms with Gasteiger partial charge in [-0.05, 0) is 57.4 Å². The van der Waals surface area contributed by atoms with Gasteiger partial charge in [-0.1, -0.05) is 0 Å². The Balaban J connectivity index is 2.00. The summed E-state index contributed by atoms with van der Waals surface area (Å²) in [6.07, 6.45) is 0.737. The van der Waals surface area contributed by atoms with E-state index in [0.717, 1.165) is 0 Å². The smallest absolute Gasteiger partial charge is 0.410 e. The highest BCUT2D eigenvalue weighted by atomic mass is 19.1. The molecule has 6 heteroatoms. The normalized spacial score (nSPS) is 17.5. The van der Waals surface area contributed by atoms with Crippen LogP contribution in [-0.4, -0.2) is 47.5 Å². The number of benzene rings is 1. The molecule has 1 aromatic rings. The molecule has 0 bridgehead atoms. The molecule has 1 fully saturated rings. The van der Waals surface area contributed by atoms with Crippen molar-refractivity contribution in [3.05, 3.63) is 29.6 Å². The van der Waals surface area contributed by atoms with Crippen molar-refractivity contribution in [2.24, 2.45) is 0 Å². The average molecular weight is 339 g/mol. The summed E-state index contributed by atoms with van der Waals surface area (Å²) < 4.78 is 24.1. The first-order chi connectivity index (χ1) is 11.1. The fourth-order valence-corrected chi connectivity index (χ4v) is 2.85. The minimum Gasteiger partial charge on any atom is -0.496 e. The summed E-state index contributed by atoms with van der Waals surface area (Å²) in [7, 11) is 1.52. The lowest BCUT2D eigenvalue weighted by atomic mass is 9.85. The maximum atomic E-state index is 13.5. The number of hydrogen-bond donors (Lipinski definition) is 1. The molecule has 0 unspecified atom stereocenters. The van der Waals surface area contributed by atoms with Crippen molar-refractivity contribution < 1.29 is 23.8 Å². The van der Waals surface area contributed by atoms with Crippen LogP contribution in [-0.2, 0) is 11.2 Å². The Morgan fingerprint density at radius 3 is 2.50 bits per heavy atom. The summed E-state index contributed by atoms with van der Waals surface area (Å²) >= 11 is 0. The predicted octanol–water partition coefficient (Wildman–Crippen LogP) is 3.14. The van der Waals surface area contributed by atoms with Gasteiger partial charge in [-0.25, -0.2) is 9.18 Å². The molecule has 0 aromatic heterocycles. The molecule has 0 spiro atoms. The summed E-state index contributed by atoms with van der Waals surface area (Å²) in [5.41, 5.74) is -0.898. The Morgan fingerprint density at radius 2 is 1.96 bits per heavy atom. The van der Waals surface area contributed by atoms with Gasteiger partial charge in [0, 0.05) is 19.5 Å². The second-order valence-corrected chi connectivity index (χ2v) is 7.32. The summed E-state index contributed by atoms with van der Waals surface area (Å²) in [6, 6.07) is 4.28. The van der Waals surface area contributed by atoms with Crippen LogP contribution in [0, 0.1) is 5.82 Å². The zero-order chi connectivity index (χ0) is 18.0. The van der Waals surface area contributed by atoms with Gasteiger partial charge in [0.25, 0.3) is 0 Å². The molecule has 0 radical (unpaired) electrons. The van der Waals surface area contributed by atoms with E-state index in [0.29, 0.717) is 37.2 Å². The number of likely N-dealkylation sites (tertiary alicyclic amines) is 1. The first-order valence-corrected chi connectivity index (χ1v) is 8.15. The first kappa shape index (κ1) is 18.5. The molecule has 0 atom stereocenters. The standard InChI is InChI=1S/C18H26FNO4/c1-17(2,3)24-16(21)20-9-7-18(22,8-10-20)12-13-11-14(19)5-6-15(13)23-4/h5-6,11,22H,7-10,12H2,1-4H3. The molecule has 1 saturated heterocycles. The third kappa shape index (κ3) is 4.84. The second-order valence-electron chi connectivity index (χ2n) is 7.32. The molecule has 1 aliphatic rings. The second kappa shape index (κ2) is 6.97. The van der Waals surface area contributed by atoms with Crippen LogP contribution < -0.4 is 4.74 Å². The maximum absolute atomic E-state index is 13.5. The summed E-state index contributed by atoms with van der Waals surface area (Å²) in [5, 5.41) is 10.8. The van der Waals surface area contributed by atoms with E-state index in [1.807, 2.05) is 20.8 Å². The van der Waals surface area contributed by atoms with E-state index in [1.54, 1.807) is 11.0 Å². The predicted molar refractivity (Wildman–Crippen MR) is 88.6 cm³/mol. The van der Waals surface area contributed by atoms with E-state index in [4.69, 9.17) is 9.47 Å². The van der Waals surface area contributed by atoms with Crippen molar-refractivity contribution in [3.8, 4) is 5.75 Å². The first-order valence-electron chi connectivity index (χ1n) is 8.15. The van der Waals surface area contributed by atoms with E-state index in [-0.39, 0.29) is 18.3 Å². The molecule has 2 rings (SSSR count). The zero-order valence-electron chi connectivity index (χ0n) is 14.8. The van der Waals surface area contributed by atoms with Gasteiger partial charge >= 0.3 is 6.09 Å². The maximum Gasteiger partial charge on any atom is 0.410 e. The third-order valence-corrected chi connectivity index (χ3v) is 4.11. The van der Waals surface area contributed by atoms with Crippen LogP contribution in [0.1, 0.15) is 39.2 Å². The lowest BCUT2D eigenvalue weighted by Gasteiger charge is -2.38. The van der Waals surface area contributed by atoms with Crippen molar-refractivity contribution in [2.75, 3.05) is 20.2 Å². The van der Waals surface area contributed by atoms with E-state index >= 15 is 0 Å². The molecular formula is C18H26FNO4. The van der Waals surface area contributed by atoms with Gasteiger partial charge < -0.3 is 19.5 Å². The molecule has 134 valence electrons. The van der Waals surface area contributed by atoms with E-state index in [9.17, 15) is 14.3 Å². The van der Waals surface area contributed by atoms with Crippen molar-refractivity contribution in [1.82, 2.24) is 4.90 Å². The van der Waals surface area contributed by atoms with Crippen LogP contribution in [0.2, 0.25) is 0 Å². The van der Waals surface area contributed by atoms with Gasteiger partial charge in [-0.15, -0.1) is 0 Å². The molecule has 0 aliphatic carbocycles. The molecule has 0 saturated carbocycles. The molecular weight excluding hydrogens is 313 g/mol. The summed E-state index contributed by atoms with van der Waals surface area (Å²) in [5.74, 6) is 0.194. The van der Waals surface area contributed by atoms with Crippen LogP contribution >= 0.6 is 0 Å². The Hall–Kier alpha value is -1.82. The van der Waals surface area contributed by atoms with Crippen molar-refractivity contribution in [3.63, 3.8) is 0 Å². The summed E-state index contributed by atoms with van der Waals surface area (Å²) in [4.78, 5) is 13.7. The highest BCUT2D eigenvalue weighted by Gasteiger charge is 2.36. The van der Waals surface area contributed by atoms with E-state index in [2.05, 4.69) is 0 Å². The molecule has 1 N–H and O–H groups in total. The number of carbonyl (C=O) groups excluding carboxylic acids is 1. The Morgan fingerprint density at radius 1 is 1.33 bits per heavy atom. The molecule has 1 aliphatic heterocycles. The number of halogens is 1. The largest absolute Gasteiger partial charge is 0.496 e. The number of nitrogens with zero attached hydrogens (tertiary/aromatic N) is 1. The van der Waals surface area contributed by atoms with Gasteiger partial charge in [0.15, 0.2) is 0 Å². The quantitative estimate of drug-likeness (QED) is 0.919. The van der Waals surface area contributed by atoms with Gasteiger partial charge in [0.05, 0.1) is 12.7 Å². The van der Waals surface area contributed by atoms with Gasteiger partial charge in [0.1, 0.15) is 17.2 Å². The lowest BCUT2D eigenvalue weighted by molar-refractivity contribution is -0.0317. The van der Waals surface area contributed by atoms with E-state index < -0.39 is 11.2 Å². The topological polar surface area (TPSA) is 59.0 Å². The fourth-order valence-electron chi connectivity index (χ4n) is 2.85. The Bertz CT molecular complexity index is 589. The van der Waals surface area contributed by atoms with Crippen LogP contribution in [0.15, 0.2) is 18.2 Å². The number of carbonyl (C=O) groups is 1. The van der Waals surface area contributed by atoms with Crippen molar-refractivity contribution >= 4 is 6.09 Å². The highest BCUT2D eigenvalue weighted by Crippen LogP contribution is 2.31. The Kier molecular flexibility index (Phi) is 5.38. The number of ether oxygens (including phenoxy) is 2. The Labute approximate surface area is 142 Å². The number of piperidine rings is 1. The number of rotatable bonds is 3. The van der Waals surface area contributed by atoms with Crippen molar-refractivity contribution in [1.29, 1.82) is 0 Å². The van der Waals surface area contributed by atoms with Gasteiger partial charge in [-0.3, -0.25) is 0 Å². The molecule has 1 heterocycles. The minimum absolute atomic E-state index is 0.288. The average Bonchev–Trinajstić information content (AvgIpc) is 2.46. The van der Waals surface area contributed by atoms with Crippen LogP contribution in [0.25, 0.3) is 0 Å². The SMILES string of the molecule is COc1ccc(F)cc1CC1(O)CCN(C(=O)OC(C)(C)C)CC1. The molecule has 24 heavy (non-hydrogen) atoms. The van der Waals surface area contributed by atoms with Crippen LogP contribution in [0.3, 0.4) is 0 Å². The fraction of sp³-hybridized carbons (Fsp3) is 0.611. The number of amides is 1. The number of methoxy groups -OCH3 is 1.